The van der Waals surface area contributed by atoms with Gasteiger partial charge in [-0.25, -0.2) is 14.6 Å². The van der Waals surface area contributed by atoms with Gasteiger partial charge in [0.25, 0.3) is 0 Å². The minimum Gasteiger partial charge on any atom is -0.478 e. The van der Waals surface area contributed by atoms with Gasteiger partial charge in [0.1, 0.15) is 17.7 Å². The monoisotopic (exact) mass is 290 g/mol. The Morgan fingerprint density at radius 3 is 3.10 bits per heavy atom. The Kier molecular flexibility index (Phi) is 3.70. The van der Waals surface area contributed by atoms with Crippen molar-refractivity contribution < 1.29 is 9.84 Å². The van der Waals surface area contributed by atoms with Crippen LogP contribution in [0.1, 0.15) is 13.3 Å². The SMILES string of the molecule is CCOc1cc(N2CCC(O)(Cn3ccnn3)C2)ncn1. The number of aromatic nitrogens is 5. The Labute approximate surface area is 122 Å². The minimum absolute atomic E-state index is 0.424. The number of ether oxygens (including phenoxy) is 1. The van der Waals surface area contributed by atoms with Gasteiger partial charge in [0.2, 0.25) is 5.88 Å². The van der Waals surface area contributed by atoms with E-state index in [0.717, 1.165) is 12.4 Å². The second-order valence-electron chi connectivity index (χ2n) is 5.14. The summed E-state index contributed by atoms with van der Waals surface area (Å²) in [6.45, 7) is 4.12. The summed E-state index contributed by atoms with van der Waals surface area (Å²) in [4.78, 5) is 10.3. The Balaban J connectivity index is 1.70. The van der Waals surface area contributed by atoms with Crippen molar-refractivity contribution in [3.63, 3.8) is 0 Å². The molecule has 8 heteroatoms. The zero-order valence-electron chi connectivity index (χ0n) is 11.9. The summed E-state index contributed by atoms with van der Waals surface area (Å²) in [7, 11) is 0. The molecule has 112 valence electrons. The van der Waals surface area contributed by atoms with Crippen LogP contribution in [0.2, 0.25) is 0 Å². The lowest BCUT2D eigenvalue weighted by atomic mass is 10.0. The third kappa shape index (κ3) is 3.10. The van der Waals surface area contributed by atoms with Crippen molar-refractivity contribution in [1.82, 2.24) is 25.0 Å². The quantitative estimate of drug-likeness (QED) is 0.835. The molecule has 21 heavy (non-hydrogen) atoms. The summed E-state index contributed by atoms with van der Waals surface area (Å²) in [6, 6.07) is 1.80. The first kappa shape index (κ1) is 13.7. The molecule has 1 unspecified atom stereocenters. The van der Waals surface area contributed by atoms with Crippen molar-refractivity contribution in [1.29, 1.82) is 0 Å². The van der Waals surface area contributed by atoms with Crippen molar-refractivity contribution in [3.05, 3.63) is 24.8 Å². The van der Waals surface area contributed by atoms with Gasteiger partial charge in [-0.3, -0.25) is 0 Å². The summed E-state index contributed by atoms with van der Waals surface area (Å²) in [5.41, 5.74) is -0.829. The smallest absolute Gasteiger partial charge is 0.218 e. The predicted molar refractivity (Wildman–Crippen MR) is 75.0 cm³/mol. The van der Waals surface area contributed by atoms with Crippen LogP contribution in [0.5, 0.6) is 5.88 Å². The van der Waals surface area contributed by atoms with Crippen molar-refractivity contribution in [2.24, 2.45) is 0 Å². The highest BCUT2D eigenvalue weighted by Gasteiger charge is 2.37. The first-order valence-electron chi connectivity index (χ1n) is 6.95. The maximum atomic E-state index is 10.7. The van der Waals surface area contributed by atoms with Gasteiger partial charge in [0.15, 0.2) is 0 Å². The van der Waals surface area contributed by atoms with E-state index in [9.17, 15) is 5.11 Å². The topological polar surface area (TPSA) is 89.2 Å². The maximum Gasteiger partial charge on any atom is 0.218 e. The second-order valence-corrected chi connectivity index (χ2v) is 5.14. The van der Waals surface area contributed by atoms with Crippen LogP contribution in [0.3, 0.4) is 0 Å². The number of hydrogen-bond acceptors (Lipinski definition) is 7. The highest BCUT2D eigenvalue weighted by atomic mass is 16.5. The van der Waals surface area contributed by atoms with E-state index >= 15 is 0 Å². The van der Waals surface area contributed by atoms with Crippen molar-refractivity contribution in [2.45, 2.75) is 25.5 Å². The first-order chi connectivity index (χ1) is 10.2. The van der Waals surface area contributed by atoms with Crippen LogP contribution < -0.4 is 9.64 Å². The van der Waals surface area contributed by atoms with E-state index in [4.69, 9.17) is 4.74 Å². The summed E-state index contributed by atoms with van der Waals surface area (Å²) in [6.07, 6.45) is 5.49. The van der Waals surface area contributed by atoms with E-state index in [2.05, 4.69) is 20.3 Å². The molecule has 1 aliphatic rings. The highest BCUT2D eigenvalue weighted by molar-refractivity contribution is 5.42. The second kappa shape index (κ2) is 5.65. The lowest BCUT2D eigenvalue weighted by Gasteiger charge is -2.23. The molecule has 1 aliphatic heterocycles. The fourth-order valence-electron chi connectivity index (χ4n) is 2.53. The van der Waals surface area contributed by atoms with Gasteiger partial charge >= 0.3 is 0 Å². The molecule has 1 saturated heterocycles. The number of aliphatic hydroxyl groups is 1. The lowest BCUT2D eigenvalue weighted by molar-refractivity contribution is 0.0408. The number of hydrogen-bond donors (Lipinski definition) is 1. The van der Waals surface area contributed by atoms with Gasteiger partial charge in [-0.1, -0.05) is 5.21 Å². The van der Waals surface area contributed by atoms with E-state index in [0.29, 0.717) is 32.0 Å². The van der Waals surface area contributed by atoms with Crippen molar-refractivity contribution >= 4 is 5.82 Å². The average Bonchev–Trinajstić information content (AvgIpc) is 3.10. The van der Waals surface area contributed by atoms with Gasteiger partial charge in [-0.15, -0.1) is 5.10 Å². The third-order valence-electron chi connectivity index (χ3n) is 3.50. The molecule has 0 bridgehead atoms. The van der Waals surface area contributed by atoms with Gasteiger partial charge in [0.05, 0.1) is 25.9 Å². The summed E-state index contributed by atoms with van der Waals surface area (Å²) < 4.78 is 7.03. The molecule has 0 amide bonds. The predicted octanol–water partition coefficient (Wildman–Crippen LogP) is 0.108. The zero-order valence-corrected chi connectivity index (χ0v) is 11.9. The Bertz CT molecular complexity index is 590. The van der Waals surface area contributed by atoms with Crippen LogP contribution >= 0.6 is 0 Å². The lowest BCUT2D eigenvalue weighted by Crippen LogP contribution is -2.38. The van der Waals surface area contributed by atoms with E-state index in [-0.39, 0.29) is 0 Å². The van der Waals surface area contributed by atoms with Crippen LogP contribution in [-0.4, -0.2) is 55.4 Å². The van der Waals surface area contributed by atoms with Crippen LogP contribution in [0.15, 0.2) is 24.8 Å². The molecule has 3 rings (SSSR count). The molecule has 0 aromatic carbocycles. The Hall–Kier alpha value is -2.22. The van der Waals surface area contributed by atoms with E-state index in [1.165, 1.54) is 6.33 Å². The summed E-state index contributed by atoms with van der Waals surface area (Å²) in [5.74, 6) is 1.32. The molecule has 1 atom stereocenters. The van der Waals surface area contributed by atoms with E-state index < -0.39 is 5.60 Å². The molecular weight excluding hydrogens is 272 g/mol. The standard InChI is InChI=1S/C13H18N6O2/c1-2-21-12-7-11(14-10-15-12)18-5-3-13(20,8-18)9-19-6-4-16-17-19/h4,6-7,10,20H,2-3,5,8-9H2,1H3. The molecule has 0 aliphatic carbocycles. The molecule has 2 aromatic rings. The highest BCUT2D eigenvalue weighted by Crippen LogP contribution is 2.27. The maximum absolute atomic E-state index is 10.7. The summed E-state index contributed by atoms with van der Waals surface area (Å²) >= 11 is 0. The molecule has 0 saturated carbocycles. The third-order valence-corrected chi connectivity index (χ3v) is 3.50. The number of nitrogens with zero attached hydrogens (tertiary/aromatic N) is 6. The molecule has 3 heterocycles. The van der Waals surface area contributed by atoms with Crippen molar-refractivity contribution in [3.8, 4) is 5.88 Å². The normalized spacial score (nSPS) is 21.7. The molecule has 0 radical (unpaired) electrons. The number of rotatable bonds is 5. The minimum atomic E-state index is -0.829. The van der Waals surface area contributed by atoms with Crippen molar-refractivity contribution in [2.75, 3.05) is 24.6 Å². The van der Waals surface area contributed by atoms with Gasteiger partial charge in [-0.05, 0) is 13.3 Å². The fourth-order valence-corrected chi connectivity index (χ4v) is 2.53. The number of anilines is 1. The summed E-state index contributed by atoms with van der Waals surface area (Å²) in [5, 5.41) is 18.3. The molecule has 1 N–H and O–H groups in total. The van der Waals surface area contributed by atoms with Crippen LogP contribution in [0.25, 0.3) is 0 Å². The zero-order chi connectivity index (χ0) is 14.7. The molecule has 8 nitrogen and oxygen atoms in total. The largest absolute Gasteiger partial charge is 0.478 e. The van der Waals surface area contributed by atoms with Gasteiger partial charge < -0.3 is 14.7 Å². The number of β-amino-alcohol motifs (C(OH)–C–C–N with tert-alkyl or cyclic N) is 1. The van der Waals surface area contributed by atoms with E-state index in [1.807, 2.05) is 11.8 Å². The van der Waals surface area contributed by atoms with E-state index in [1.54, 1.807) is 23.1 Å². The van der Waals surface area contributed by atoms with Gasteiger partial charge in [0, 0.05) is 18.8 Å². The molecule has 1 fully saturated rings. The average molecular weight is 290 g/mol. The fraction of sp³-hybridized carbons (Fsp3) is 0.538. The van der Waals surface area contributed by atoms with Crippen LogP contribution in [-0.2, 0) is 6.54 Å². The van der Waals surface area contributed by atoms with Gasteiger partial charge in [-0.2, -0.15) is 0 Å². The Morgan fingerprint density at radius 1 is 1.43 bits per heavy atom. The Morgan fingerprint density at radius 2 is 2.33 bits per heavy atom. The first-order valence-corrected chi connectivity index (χ1v) is 6.95. The van der Waals surface area contributed by atoms with Crippen LogP contribution in [0, 0.1) is 0 Å². The molecule has 2 aromatic heterocycles. The molecular formula is C13H18N6O2. The molecule has 0 spiro atoms. The van der Waals surface area contributed by atoms with Crippen LogP contribution in [0.4, 0.5) is 5.82 Å².